The summed E-state index contributed by atoms with van der Waals surface area (Å²) in [7, 11) is 0. The number of nitrogens with two attached hydrogens (primary N) is 1. The average molecular weight is 139 g/mol. The van der Waals surface area contributed by atoms with Crippen LogP contribution in [0.2, 0.25) is 0 Å². The number of anilines is 1. The molecule has 0 bridgehead atoms. The van der Waals surface area contributed by atoms with Crippen LogP contribution in [0.15, 0.2) is 24.3 Å². The Morgan fingerprint density at radius 2 is 2.60 bits per heavy atom. The van der Waals surface area contributed by atoms with Crippen molar-refractivity contribution in [3.8, 4) is 0 Å². The first-order valence-electron chi connectivity index (χ1n) is 4.57. The van der Waals surface area contributed by atoms with E-state index in [0.29, 0.717) is 12.2 Å². The Balaban J connectivity index is 2.55. The van der Waals surface area contributed by atoms with E-state index >= 15 is 0 Å². The summed E-state index contributed by atoms with van der Waals surface area (Å²) in [6, 6.07) is 7.14. The van der Waals surface area contributed by atoms with Crippen molar-refractivity contribution in [2.45, 2.75) is 6.54 Å². The summed E-state index contributed by atoms with van der Waals surface area (Å²) in [5, 5.41) is 2.41. The molecule has 0 saturated carbocycles. The summed E-state index contributed by atoms with van der Waals surface area (Å²) in [5.41, 5.74) is 7.04. The van der Waals surface area contributed by atoms with Crippen molar-refractivity contribution in [1.82, 2.24) is 5.32 Å². The van der Waals surface area contributed by atoms with E-state index in [1.165, 1.54) is 0 Å². The van der Waals surface area contributed by atoms with Gasteiger partial charge in [-0.3, -0.25) is 0 Å². The number of rotatable bonds is 2. The zero-order valence-electron chi connectivity index (χ0n) is 8.59. The SMILES string of the molecule is [2H]C([2H])([2H])NCc1cccc(N)c1. The van der Waals surface area contributed by atoms with E-state index in [2.05, 4.69) is 5.32 Å². The Morgan fingerprint density at radius 1 is 1.70 bits per heavy atom. The van der Waals surface area contributed by atoms with Gasteiger partial charge in [0.2, 0.25) is 0 Å². The molecule has 2 heteroatoms. The lowest BCUT2D eigenvalue weighted by Crippen LogP contribution is -2.04. The lowest BCUT2D eigenvalue weighted by Gasteiger charge is -1.99. The minimum absolute atomic E-state index is 0.307. The summed E-state index contributed by atoms with van der Waals surface area (Å²) >= 11 is 0. The molecule has 1 aromatic carbocycles. The number of nitrogen functional groups attached to an aromatic ring is 1. The van der Waals surface area contributed by atoms with Crippen molar-refractivity contribution >= 4 is 5.69 Å². The monoisotopic (exact) mass is 139 g/mol. The molecule has 0 saturated heterocycles. The lowest BCUT2D eigenvalue weighted by atomic mass is 10.2. The predicted molar refractivity (Wildman–Crippen MR) is 43.6 cm³/mol. The molecule has 0 aromatic heterocycles. The number of hydrogen-bond acceptors (Lipinski definition) is 2. The first-order chi connectivity index (χ1) is 5.97. The highest BCUT2D eigenvalue weighted by molar-refractivity contribution is 5.40. The largest absolute Gasteiger partial charge is 0.399 e. The van der Waals surface area contributed by atoms with Crippen LogP contribution in [0.1, 0.15) is 9.68 Å². The van der Waals surface area contributed by atoms with Crippen molar-refractivity contribution in [2.24, 2.45) is 0 Å². The van der Waals surface area contributed by atoms with E-state index in [-0.39, 0.29) is 0 Å². The Bertz CT molecular complexity index is 283. The molecule has 3 N–H and O–H groups in total. The third-order valence-electron chi connectivity index (χ3n) is 1.24. The normalized spacial score (nSPS) is 15.4. The molecule has 0 fully saturated rings. The summed E-state index contributed by atoms with van der Waals surface area (Å²) < 4.78 is 20.8. The van der Waals surface area contributed by atoms with Gasteiger partial charge in [0.1, 0.15) is 0 Å². The van der Waals surface area contributed by atoms with Gasteiger partial charge in [-0.2, -0.15) is 0 Å². The molecule has 0 heterocycles. The van der Waals surface area contributed by atoms with Gasteiger partial charge in [0.25, 0.3) is 0 Å². The summed E-state index contributed by atoms with van der Waals surface area (Å²) in [4.78, 5) is 0. The molecule has 0 radical (unpaired) electrons. The van der Waals surface area contributed by atoms with Crippen LogP contribution < -0.4 is 11.1 Å². The third kappa shape index (κ3) is 1.74. The predicted octanol–water partition coefficient (Wildman–Crippen LogP) is 0.988. The van der Waals surface area contributed by atoms with Crippen LogP contribution in [-0.2, 0) is 6.54 Å². The molecule has 0 aliphatic rings. The fraction of sp³-hybridized carbons (Fsp3) is 0.250. The molecule has 1 aromatic rings. The topological polar surface area (TPSA) is 38.0 Å². The van der Waals surface area contributed by atoms with Crippen molar-refractivity contribution in [3.05, 3.63) is 29.8 Å². The minimum Gasteiger partial charge on any atom is -0.399 e. The maximum Gasteiger partial charge on any atom is 0.0391 e. The molecule has 0 amide bonds. The zero-order valence-corrected chi connectivity index (χ0v) is 5.59. The number of hydrogen-bond donors (Lipinski definition) is 2. The average Bonchev–Trinajstić information content (AvgIpc) is 2.00. The smallest absolute Gasteiger partial charge is 0.0391 e. The Hall–Kier alpha value is -1.02. The van der Waals surface area contributed by atoms with Gasteiger partial charge in [0.05, 0.1) is 0 Å². The van der Waals surface area contributed by atoms with Crippen LogP contribution in [0, 0.1) is 0 Å². The first kappa shape index (κ1) is 3.98. The maximum absolute atomic E-state index is 6.93. The van der Waals surface area contributed by atoms with Crippen molar-refractivity contribution in [1.29, 1.82) is 0 Å². The van der Waals surface area contributed by atoms with E-state index in [4.69, 9.17) is 9.85 Å². The van der Waals surface area contributed by atoms with Gasteiger partial charge in [0, 0.05) is 16.3 Å². The van der Waals surface area contributed by atoms with Crippen LogP contribution in [-0.4, -0.2) is 6.98 Å². The van der Waals surface area contributed by atoms with E-state index in [1.807, 2.05) is 6.07 Å². The molecule has 0 aliphatic heterocycles. The van der Waals surface area contributed by atoms with Crippen molar-refractivity contribution < 1.29 is 4.11 Å². The van der Waals surface area contributed by atoms with Crippen LogP contribution in [0.3, 0.4) is 0 Å². The molecule has 10 heavy (non-hydrogen) atoms. The quantitative estimate of drug-likeness (QED) is 0.600. The van der Waals surface area contributed by atoms with Gasteiger partial charge in [-0.25, -0.2) is 0 Å². The van der Waals surface area contributed by atoms with Gasteiger partial charge in [-0.1, -0.05) is 12.1 Å². The third-order valence-corrected chi connectivity index (χ3v) is 1.24. The van der Waals surface area contributed by atoms with E-state index in [0.717, 1.165) is 5.56 Å². The minimum atomic E-state index is -2.09. The molecule has 0 unspecified atom stereocenters. The molecule has 0 spiro atoms. The summed E-state index contributed by atoms with van der Waals surface area (Å²) in [5.74, 6) is 0. The van der Waals surface area contributed by atoms with Crippen LogP contribution in [0.4, 0.5) is 5.69 Å². The second-order valence-electron chi connectivity index (χ2n) is 2.10. The Labute approximate surface area is 65.3 Å². The molecule has 2 nitrogen and oxygen atoms in total. The molecular formula is C8H12N2. The maximum atomic E-state index is 6.93. The van der Waals surface area contributed by atoms with Gasteiger partial charge in [-0.05, 0) is 24.7 Å². The molecule has 0 atom stereocenters. The standard InChI is InChI=1S/C8H12N2/c1-10-6-7-3-2-4-8(9)5-7/h2-5,10H,6,9H2,1H3/i1D3. The van der Waals surface area contributed by atoms with Crippen molar-refractivity contribution in [3.63, 3.8) is 0 Å². The van der Waals surface area contributed by atoms with Gasteiger partial charge in [-0.15, -0.1) is 0 Å². The summed E-state index contributed by atoms with van der Waals surface area (Å²) in [6.45, 7) is -1.79. The number of nitrogens with one attached hydrogen (secondary N) is 1. The zero-order chi connectivity index (χ0) is 9.90. The van der Waals surface area contributed by atoms with E-state index in [1.54, 1.807) is 18.2 Å². The number of benzene rings is 1. The van der Waals surface area contributed by atoms with Crippen LogP contribution in [0.5, 0.6) is 0 Å². The fourth-order valence-corrected chi connectivity index (χ4v) is 0.805. The van der Waals surface area contributed by atoms with Gasteiger partial charge < -0.3 is 11.1 Å². The highest BCUT2D eigenvalue weighted by Gasteiger charge is 1.88. The summed E-state index contributed by atoms with van der Waals surface area (Å²) in [6.07, 6.45) is 0. The van der Waals surface area contributed by atoms with Gasteiger partial charge >= 0.3 is 0 Å². The fourth-order valence-electron chi connectivity index (χ4n) is 0.805. The Morgan fingerprint density at radius 3 is 3.30 bits per heavy atom. The van der Waals surface area contributed by atoms with Crippen LogP contribution in [0.25, 0.3) is 0 Å². The Kier molecular flexibility index (Phi) is 1.28. The molecular weight excluding hydrogens is 124 g/mol. The van der Waals surface area contributed by atoms with Crippen LogP contribution >= 0.6 is 0 Å². The molecule has 1 rings (SSSR count). The van der Waals surface area contributed by atoms with E-state index in [9.17, 15) is 0 Å². The van der Waals surface area contributed by atoms with E-state index < -0.39 is 6.98 Å². The lowest BCUT2D eigenvalue weighted by molar-refractivity contribution is 0.818. The highest BCUT2D eigenvalue weighted by atomic mass is 14.8. The molecule has 0 aliphatic carbocycles. The van der Waals surface area contributed by atoms with Gasteiger partial charge in [0.15, 0.2) is 0 Å². The van der Waals surface area contributed by atoms with Crippen molar-refractivity contribution in [2.75, 3.05) is 12.7 Å². The highest BCUT2D eigenvalue weighted by Crippen LogP contribution is 2.05. The first-order valence-corrected chi connectivity index (χ1v) is 3.07. The second-order valence-corrected chi connectivity index (χ2v) is 2.10. The molecule has 54 valence electrons. The second kappa shape index (κ2) is 3.22.